The van der Waals surface area contributed by atoms with Gasteiger partial charge >= 0.3 is 0 Å². The molecule has 0 amide bonds. The van der Waals surface area contributed by atoms with E-state index in [1.54, 1.807) is 7.05 Å². The van der Waals surface area contributed by atoms with Crippen LogP contribution in [0.5, 0.6) is 0 Å². The highest BCUT2D eigenvalue weighted by molar-refractivity contribution is 7.90. The van der Waals surface area contributed by atoms with Gasteiger partial charge in [-0.3, -0.25) is 4.99 Å². The van der Waals surface area contributed by atoms with Crippen LogP contribution in [0.4, 0.5) is 0 Å². The number of hydrogen-bond acceptors (Lipinski definition) is 3. The van der Waals surface area contributed by atoms with E-state index < -0.39 is 9.84 Å². The Balaban J connectivity index is 3.98. The van der Waals surface area contributed by atoms with Gasteiger partial charge in [-0.1, -0.05) is 20.8 Å². The lowest BCUT2D eigenvalue weighted by Gasteiger charge is -2.20. The van der Waals surface area contributed by atoms with E-state index in [9.17, 15) is 8.42 Å². The summed E-state index contributed by atoms with van der Waals surface area (Å²) >= 11 is 0. The highest BCUT2D eigenvalue weighted by atomic mass is 32.2. The number of aliphatic imine (C=N–C) groups is 1. The van der Waals surface area contributed by atoms with Crippen molar-refractivity contribution in [3.05, 3.63) is 0 Å². The Hall–Kier alpha value is -0.780. The molecule has 0 fully saturated rings. The minimum atomic E-state index is -2.90. The Morgan fingerprint density at radius 1 is 1.30 bits per heavy atom. The first-order chi connectivity index (χ1) is 9.03. The number of nitrogens with one attached hydrogen (secondary N) is 2. The van der Waals surface area contributed by atoms with Crippen LogP contribution in [0, 0.1) is 5.41 Å². The van der Waals surface area contributed by atoms with E-state index in [-0.39, 0.29) is 11.8 Å². The van der Waals surface area contributed by atoms with E-state index in [0.29, 0.717) is 11.8 Å². The van der Waals surface area contributed by atoms with Crippen molar-refractivity contribution in [1.82, 2.24) is 10.6 Å². The molecule has 2 N–H and O–H groups in total. The largest absolute Gasteiger partial charge is 0.356 e. The first kappa shape index (κ1) is 19.2. The molecular formula is C14H31N3O2S. The fourth-order valence-electron chi connectivity index (χ4n) is 1.72. The topological polar surface area (TPSA) is 70.6 Å². The van der Waals surface area contributed by atoms with E-state index in [4.69, 9.17) is 0 Å². The molecule has 120 valence electrons. The van der Waals surface area contributed by atoms with Crippen molar-refractivity contribution in [1.29, 1.82) is 0 Å². The Morgan fingerprint density at radius 2 is 1.90 bits per heavy atom. The van der Waals surface area contributed by atoms with E-state index in [0.717, 1.165) is 25.3 Å². The fraction of sp³-hybridized carbons (Fsp3) is 0.929. The third-order valence-corrected chi connectivity index (χ3v) is 3.90. The molecule has 0 radical (unpaired) electrons. The van der Waals surface area contributed by atoms with Crippen molar-refractivity contribution < 1.29 is 8.42 Å². The molecule has 0 aliphatic rings. The molecule has 0 aromatic carbocycles. The summed E-state index contributed by atoms with van der Waals surface area (Å²) in [6, 6.07) is 0.0820. The van der Waals surface area contributed by atoms with Crippen LogP contribution < -0.4 is 10.6 Å². The van der Waals surface area contributed by atoms with Gasteiger partial charge in [0, 0.05) is 25.9 Å². The molecule has 0 aliphatic carbocycles. The molecule has 6 heteroatoms. The monoisotopic (exact) mass is 305 g/mol. The summed E-state index contributed by atoms with van der Waals surface area (Å²) in [4.78, 5) is 4.15. The molecule has 0 aromatic rings. The number of rotatable bonds is 7. The molecule has 1 unspecified atom stereocenters. The first-order valence-corrected chi connectivity index (χ1v) is 9.24. The summed E-state index contributed by atoms with van der Waals surface area (Å²) in [7, 11) is -1.17. The molecule has 0 spiro atoms. The summed E-state index contributed by atoms with van der Waals surface area (Å²) in [5.41, 5.74) is 0.349. The Bertz CT molecular complexity index is 397. The van der Waals surface area contributed by atoms with Crippen LogP contribution in [-0.2, 0) is 9.84 Å². The number of nitrogens with zero attached hydrogens (tertiary/aromatic N) is 1. The third-order valence-electron chi connectivity index (χ3n) is 2.92. The van der Waals surface area contributed by atoms with Gasteiger partial charge in [0.05, 0.1) is 5.75 Å². The molecule has 5 nitrogen and oxygen atoms in total. The van der Waals surface area contributed by atoms with Crippen molar-refractivity contribution >= 4 is 15.8 Å². The molecule has 0 heterocycles. The first-order valence-electron chi connectivity index (χ1n) is 7.18. The van der Waals surface area contributed by atoms with E-state index in [2.05, 4.69) is 36.4 Å². The van der Waals surface area contributed by atoms with Gasteiger partial charge < -0.3 is 10.6 Å². The van der Waals surface area contributed by atoms with Crippen LogP contribution >= 0.6 is 0 Å². The maximum Gasteiger partial charge on any atom is 0.191 e. The summed E-state index contributed by atoms with van der Waals surface area (Å²) in [6.07, 6.45) is 4.09. The molecular weight excluding hydrogens is 274 g/mol. The molecule has 20 heavy (non-hydrogen) atoms. The lowest BCUT2D eigenvalue weighted by Crippen LogP contribution is -2.43. The summed E-state index contributed by atoms with van der Waals surface area (Å²) in [6.45, 7) is 9.52. The minimum Gasteiger partial charge on any atom is -0.356 e. The van der Waals surface area contributed by atoms with Crippen molar-refractivity contribution in [3.63, 3.8) is 0 Å². The summed E-state index contributed by atoms with van der Waals surface area (Å²) in [5.74, 6) is 0.933. The van der Waals surface area contributed by atoms with E-state index >= 15 is 0 Å². The molecule has 0 aliphatic heterocycles. The van der Waals surface area contributed by atoms with Gasteiger partial charge in [-0.15, -0.1) is 0 Å². The zero-order valence-corrected chi connectivity index (χ0v) is 14.6. The van der Waals surface area contributed by atoms with E-state index in [1.807, 2.05) is 6.92 Å². The van der Waals surface area contributed by atoms with Gasteiger partial charge in [-0.05, 0) is 31.6 Å². The highest BCUT2D eigenvalue weighted by Crippen LogP contribution is 2.19. The Morgan fingerprint density at radius 3 is 2.35 bits per heavy atom. The van der Waals surface area contributed by atoms with Crippen molar-refractivity contribution in [2.45, 2.75) is 53.0 Å². The van der Waals surface area contributed by atoms with Gasteiger partial charge in [0.2, 0.25) is 0 Å². The van der Waals surface area contributed by atoms with Crippen LogP contribution in [0.15, 0.2) is 4.99 Å². The lowest BCUT2D eigenvalue weighted by atomic mass is 9.91. The highest BCUT2D eigenvalue weighted by Gasteiger charge is 2.11. The third kappa shape index (κ3) is 12.3. The van der Waals surface area contributed by atoms with Gasteiger partial charge in [0.15, 0.2) is 5.96 Å². The molecule has 1 atom stereocenters. The molecule has 0 aromatic heterocycles. The molecule has 0 bridgehead atoms. The predicted molar refractivity (Wildman–Crippen MR) is 87.0 cm³/mol. The molecule has 0 rings (SSSR count). The van der Waals surface area contributed by atoms with Crippen molar-refractivity contribution in [3.8, 4) is 0 Å². The molecule has 0 saturated carbocycles. The lowest BCUT2D eigenvalue weighted by molar-refractivity contribution is 0.365. The van der Waals surface area contributed by atoms with Crippen LogP contribution in [-0.4, -0.2) is 46.0 Å². The average molecular weight is 305 g/mol. The Kier molecular flexibility index (Phi) is 8.16. The van der Waals surface area contributed by atoms with Crippen molar-refractivity contribution in [2.75, 3.05) is 25.6 Å². The maximum atomic E-state index is 11.1. The van der Waals surface area contributed by atoms with Gasteiger partial charge in [0.1, 0.15) is 9.84 Å². The number of hydrogen-bond donors (Lipinski definition) is 2. The second kappa shape index (κ2) is 8.49. The van der Waals surface area contributed by atoms with Gasteiger partial charge in [0.25, 0.3) is 0 Å². The second-order valence-corrected chi connectivity index (χ2v) is 8.89. The molecule has 0 saturated heterocycles. The second-order valence-electron chi connectivity index (χ2n) is 6.63. The van der Waals surface area contributed by atoms with Crippen LogP contribution in [0.1, 0.15) is 47.0 Å². The fourth-order valence-corrected chi connectivity index (χ4v) is 2.50. The normalized spacial score (nSPS) is 15.0. The average Bonchev–Trinajstić information content (AvgIpc) is 2.28. The number of sulfone groups is 1. The van der Waals surface area contributed by atoms with Crippen LogP contribution in [0.25, 0.3) is 0 Å². The Labute approximate surface area is 124 Å². The van der Waals surface area contributed by atoms with Crippen molar-refractivity contribution in [2.24, 2.45) is 10.4 Å². The quantitative estimate of drug-likeness (QED) is 0.427. The zero-order valence-electron chi connectivity index (χ0n) is 13.8. The van der Waals surface area contributed by atoms with Gasteiger partial charge in [-0.2, -0.15) is 0 Å². The van der Waals surface area contributed by atoms with E-state index in [1.165, 1.54) is 6.26 Å². The summed E-state index contributed by atoms with van der Waals surface area (Å²) < 4.78 is 22.2. The predicted octanol–water partition coefficient (Wildman–Crippen LogP) is 1.80. The van der Waals surface area contributed by atoms with Gasteiger partial charge in [-0.25, -0.2) is 8.42 Å². The standard InChI is InChI=1S/C14H31N3O2S/c1-12(8-11-20(6,18)19)17-13(15-5)16-10-7-9-14(2,3)4/h12H,7-11H2,1-6H3,(H2,15,16,17). The van der Waals surface area contributed by atoms with Crippen LogP contribution in [0.2, 0.25) is 0 Å². The number of guanidine groups is 1. The van der Waals surface area contributed by atoms with Crippen LogP contribution in [0.3, 0.4) is 0 Å². The SMILES string of the molecule is CN=C(NCCCC(C)(C)C)NC(C)CCS(C)(=O)=O. The smallest absolute Gasteiger partial charge is 0.191 e. The summed E-state index contributed by atoms with van der Waals surface area (Å²) in [5, 5.41) is 6.47. The minimum absolute atomic E-state index is 0.0820. The zero-order chi connectivity index (χ0) is 15.8. The maximum absolute atomic E-state index is 11.1.